The molecule has 0 spiro atoms. The van der Waals surface area contributed by atoms with Crippen LogP contribution in [0.5, 0.6) is 17.2 Å². The van der Waals surface area contributed by atoms with E-state index in [4.69, 9.17) is 4.74 Å². The average Bonchev–Trinajstić information content (AvgIpc) is 3.12. The molecule has 4 aromatic rings. The van der Waals surface area contributed by atoms with Crippen molar-refractivity contribution in [1.29, 1.82) is 0 Å². The van der Waals surface area contributed by atoms with E-state index in [-0.39, 0.29) is 11.2 Å². The minimum atomic E-state index is -0.238. The molecule has 0 radical (unpaired) electrons. The Morgan fingerprint density at radius 2 is 1.66 bits per heavy atom. The van der Waals surface area contributed by atoms with Gasteiger partial charge in [0, 0.05) is 11.6 Å². The van der Waals surface area contributed by atoms with Crippen LogP contribution < -0.4 is 4.74 Å². The van der Waals surface area contributed by atoms with E-state index < -0.39 is 0 Å². The SMILES string of the molecule is CCC(C)(C)c1cc(Oc2ccccc2)cc(-n2nc3ccc(C)cc3n2)c1O. The van der Waals surface area contributed by atoms with E-state index in [1.807, 2.05) is 61.5 Å². The Hall–Kier alpha value is -3.34. The zero-order valence-electron chi connectivity index (χ0n) is 17.2. The number of nitrogens with zero attached hydrogens (tertiary/aromatic N) is 3. The van der Waals surface area contributed by atoms with Crippen LogP contribution in [0.25, 0.3) is 16.7 Å². The van der Waals surface area contributed by atoms with Crippen LogP contribution in [0.4, 0.5) is 0 Å². The second-order valence-electron chi connectivity index (χ2n) is 7.97. The lowest BCUT2D eigenvalue weighted by Crippen LogP contribution is -2.17. The molecule has 0 amide bonds. The summed E-state index contributed by atoms with van der Waals surface area (Å²) in [7, 11) is 0. The van der Waals surface area contributed by atoms with Gasteiger partial charge in [-0.2, -0.15) is 0 Å². The van der Waals surface area contributed by atoms with E-state index >= 15 is 0 Å². The summed E-state index contributed by atoms with van der Waals surface area (Å²) in [5.41, 5.74) is 3.75. The van der Waals surface area contributed by atoms with Gasteiger partial charge in [0.05, 0.1) is 0 Å². The Morgan fingerprint density at radius 1 is 0.931 bits per heavy atom. The highest BCUT2D eigenvalue weighted by atomic mass is 16.5. The summed E-state index contributed by atoms with van der Waals surface area (Å²) >= 11 is 0. The lowest BCUT2D eigenvalue weighted by atomic mass is 9.81. The molecule has 3 aromatic carbocycles. The Balaban J connectivity index is 1.88. The van der Waals surface area contributed by atoms with Crippen molar-refractivity contribution in [1.82, 2.24) is 15.0 Å². The first-order valence-corrected chi connectivity index (χ1v) is 9.82. The minimum Gasteiger partial charge on any atom is -0.505 e. The van der Waals surface area contributed by atoms with Crippen molar-refractivity contribution >= 4 is 11.0 Å². The summed E-state index contributed by atoms with van der Waals surface area (Å²) in [4.78, 5) is 1.49. The number of aromatic nitrogens is 3. The van der Waals surface area contributed by atoms with Crippen molar-refractivity contribution in [2.45, 2.75) is 39.5 Å². The van der Waals surface area contributed by atoms with Crippen LogP contribution in [-0.4, -0.2) is 20.1 Å². The number of aryl methyl sites for hydroxylation is 1. The molecule has 5 nitrogen and oxygen atoms in total. The number of phenols is 1. The van der Waals surface area contributed by atoms with Crippen molar-refractivity contribution in [3.63, 3.8) is 0 Å². The molecule has 0 saturated heterocycles. The predicted octanol–water partition coefficient (Wildman–Crippen LogP) is 5.91. The number of phenolic OH excluding ortho intramolecular Hbond substituents is 1. The lowest BCUT2D eigenvalue weighted by Gasteiger charge is -2.26. The third kappa shape index (κ3) is 3.68. The summed E-state index contributed by atoms with van der Waals surface area (Å²) in [5.74, 6) is 1.55. The van der Waals surface area contributed by atoms with E-state index in [1.165, 1.54) is 4.80 Å². The van der Waals surface area contributed by atoms with Crippen LogP contribution >= 0.6 is 0 Å². The standard InChI is InChI=1S/C24H25N3O2/c1-5-24(3,4)19-14-18(29-17-9-7-6-8-10-17)15-22(23(19)28)27-25-20-12-11-16(2)13-21(20)26-27/h6-15,28H,5H2,1-4H3. The third-order valence-corrected chi connectivity index (χ3v) is 5.41. The van der Waals surface area contributed by atoms with Gasteiger partial charge in [-0.25, -0.2) is 0 Å². The van der Waals surface area contributed by atoms with Crippen molar-refractivity contribution < 1.29 is 9.84 Å². The van der Waals surface area contributed by atoms with Gasteiger partial charge in [-0.3, -0.25) is 0 Å². The van der Waals surface area contributed by atoms with Crippen molar-refractivity contribution in [2.75, 3.05) is 0 Å². The number of aromatic hydroxyl groups is 1. The van der Waals surface area contributed by atoms with Crippen LogP contribution in [0, 0.1) is 6.92 Å². The normalized spacial score (nSPS) is 11.7. The molecular formula is C24H25N3O2. The number of rotatable bonds is 5. The highest BCUT2D eigenvalue weighted by molar-refractivity contribution is 5.75. The Labute approximate surface area is 170 Å². The summed E-state index contributed by atoms with van der Waals surface area (Å²) in [6.07, 6.45) is 0.864. The topological polar surface area (TPSA) is 60.2 Å². The first kappa shape index (κ1) is 19.0. The van der Waals surface area contributed by atoms with Crippen LogP contribution in [0.3, 0.4) is 0 Å². The van der Waals surface area contributed by atoms with E-state index in [1.54, 1.807) is 6.07 Å². The van der Waals surface area contributed by atoms with Gasteiger partial charge >= 0.3 is 0 Å². The zero-order valence-corrected chi connectivity index (χ0v) is 17.2. The molecule has 0 saturated carbocycles. The van der Waals surface area contributed by atoms with Gasteiger partial charge in [0.25, 0.3) is 0 Å². The van der Waals surface area contributed by atoms with Gasteiger partial charge in [0.2, 0.25) is 0 Å². The second kappa shape index (κ2) is 7.24. The molecule has 4 rings (SSSR count). The third-order valence-electron chi connectivity index (χ3n) is 5.41. The molecule has 148 valence electrons. The first-order chi connectivity index (χ1) is 13.9. The maximum absolute atomic E-state index is 11.1. The Bertz CT molecular complexity index is 1160. The van der Waals surface area contributed by atoms with Crippen molar-refractivity contribution in [3.05, 3.63) is 71.8 Å². The fraction of sp³-hybridized carbons (Fsp3) is 0.250. The fourth-order valence-corrected chi connectivity index (χ4v) is 3.27. The van der Waals surface area contributed by atoms with Gasteiger partial charge in [-0.1, -0.05) is 45.0 Å². The number of fused-ring (bicyclic) bond motifs is 1. The van der Waals surface area contributed by atoms with Gasteiger partial charge in [-0.15, -0.1) is 15.0 Å². The first-order valence-electron chi connectivity index (χ1n) is 9.82. The molecule has 1 N–H and O–H groups in total. The molecule has 29 heavy (non-hydrogen) atoms. The molecule has 0 bridgehead atoms. The maximum Gasteiger partial charge on any atom is 0.147 e. The van der Waals surface area contributed by atoms with Crippen LogP contribution in [-0.2, 0) is 5.41 Å². The predicted molar refractivity (Wildman–Crippen MR) is 115 cm³/mol. The largest absolute Gasteiger partial charge is 0.505 e. The monoisotopic (exact) mass is 387 g/mol. The van der Waals surface area contributed by atoms with Gasteiger partial charge in [-0.05, 0) is 54.7 Å². The smallest absolute Gasteiger partial charge is 0.147 e. The van der Waals surface area contributed by atoms with E-state index in [2.05, 4.69) is 31.0 Å². The molecule has 0 fully saturated rings. The molecule has 0 aliphatic heterocycles. The molecule has 0 unspecified atom stereocenters. The minimum absolute atomic E-state index is 0.175. The molecule has 0 aliphatic carbocycles. The Morgan fingerprint density at radius 3 is 2.38 bits per heavy atom. The van der Waals surface area contributed by atoms with E-state index in [9.17, 15) is 5.11 Å². The fourth-order valence-electron chi connectivity index (χ4n) is 3.27. The number of benzene rings is 3. The molecule has 5 heteroatoms. The summed E-state index contributed by atoms with van der Waals surface area (Å²) in [6.45, 7) is 8.34. The number of ether oxygens (including phenoxy) is 1. The van der Waals surface area contributed by atoms with Crippen molar-refractivity contribution in [3.8, 4) is 22.9 Å². The Kier molecular flexibility index (Phi) is 4.74. The number of para-hydroxylation sites is 1. The number of hydrogen-bond donors (Lipinski definition) is 1. The van der Waals surface area contributed by atoms with E-state index in [0.717, 1.165) is 34.3 Å². The highest BCUT2D eigenvalue weighted by Gasteiger charge is 2.26. The zero-order chi connectivity index (χ0) is 20.6. The molecule has 0 aliphatic rings. The average molecular weight is 387 g/mol. The summed E-state index contributed by atoms with van der Waals surface area (Å²) in [6, 6.07) is 19.2. The summed E-state index contributed by atoms with van der Waals surface area (Å²) in [5, 5.41) is 20.3. The van der Waals surface area contributed by atoms with Crippen LogP contribution in [0.1, 0.15) is 38.3 Å². The highest BCUT2D eigenvalue weighted by Crippen LogP contribution is 2.41. The number of hydrogen-bond acceptors (Lipinski definition) is 4. The van der Waals surface area contributed by atoms with Gasteiger partial charge in [0.15, 0.2) is 0 Å². The molecule has 0 atom stereocenters. The molecular weight excluding hydrogens is 362 g/mol. The quantitative estimate of drug-likeness (QED) is 0.462. The second-order valence-corrected chi connectivity index (χ2v) is 7.97. The summed E-state index contributed by atoms with van der Waals surface area (Å²) < 4.78 is 6.09. The van der Waals surface area contributed by atoms with E-state index in [0.29, 0.717) is 11.4 Å². The lowest BCUT2D eigenvalue weighted by molar-refractivity contribution is 0.416. The molecule has 1 aromatic heterocycles. The van der Waals surface area contributed by atoms with Gasteiger partial charge < -0.3 is 9.84 Å². The maximum atomic E-state index is 11.1. The van der Waals surface area contributed by atoms with Crippen LogP contribution in [0.2, 0.25) is 0 Å². The van der Waals surface area contributed by atoms with Crippen LogP contribution in [0.15, 0.2) is 60.7 Å². The van der Waals surface area contributed by atoms with Gasteiger partial charge in [0.1, 0.15) is 34.0 Å². The molecule has 1 heterocycles. The van der Waals surface area contributed by atoms with Crippen molar-refractivity contribution in [2.24, 2.45) is 0 Å².